The fraction of sp³-hybridized carbons (Fsp3) is 0.0952. The SMILES string of the molecule is O=C(Nc1ccn(Cc2c(F)c(F)c(F)c(F)c2F)n1)c1ccn(COc2ccccc2[N+](=O)[O-])n1. The second-order valence-electron chi connectivity index (χ2n) is 7.14. The van der Waals surface area contributed by atoms with Gasteiger partial charge in [0.1, 0.15) is 0 Å². The molecule has 0 saturated carbocycles. The van der Waals surface area contributed by atoms with Crippen molar-refractivity contribution in [3.05, 3.63) is 99.2 Å². The number of nitrogens with zero attached hydrogens (tertiary/aromatic N) is 5. The summed E-state index contributed by atoms with van der Waals surface area (Å²) >= 11 is 0. The molecule has 15 heteroatoms. The van der Waals surface area contributed by atoms with E-state index in [-0.39, 0.29) is 29.7 Å². The zero-order valence-electron chi connectivity index (χ0n) is 17.8. The van der Waals surface area contributed by atoms with Crippen LogP contribution in [-0.2, 0) is 13.3 Å². The molecule has 0 radical (unpaired) electrons. The van der Waals surface area contributed by atoms with E-state index in [2.05, 4.69) is 15.5 Å². The Labute approximate surface area is 197 Å². The number of carbonyl (C=O) groups is 1. The Balaban J connectivity index is 1.40. The van der Waals surface area contributed by atoms with Crippen molar-refractivity contribution in [2.24, 2.45) is 0 Å². The van der Waals surface area contributed by atoms with E-state index >= 15 is 0 Å². The molecule has 186 valence electrons. The molecule has 0 bridgehead atoms. The first-order valence-electron chi connectivity index (χ1n) is 9.90. The highest BCUT2D eigenvalue weighted by atomic mass is 19.2. The lowest BCUT2D eigenvalue weighted by Crippen LogP contribution is -2.15. The second kappa shape index (κ2) is 9.81. The number of halogens is 5. The van der Waals surface area contributed by atoms with Gasteiger partial charge in [0.2, 0.25) is 5.82 Å². The zero-order chi connectivity index (χ0) is 26.0. The van der Waals surface area contributed by atoms with Gasteiger partial charge in [0.25, 0.3) is 5.91 Å². The quantitative estimate of drug-likeness (QED) is 0.126. The molecular formula is C21H13F5N6O4. The molecule has 2 aromatic heterocycles. The van der Waals surface area contributed by atoms with Crippen LogP contribution < -0.4 is 10.1 Å². The first kappa shape index (κ1) is 24.3. The number of benzene rings is 2. The Morgan fingerprint density at radius 3 is 2.25 bits per heavy atom. The minimum atomic E-state index is -2.27. The van der Waals surface area contributed by atoms with Gasteiger partial charge in [-0.2, -0.15) is 10.2 Å². The number of carbonyl (C=O) groups excluding carboxylic acids is 1. The van der Waals surface area contributed by atoms with E-state index in [0.717, 1.165) is 10.9 Å². The summed E-state index contributed by atoms with van der Waals surface area (Å²) < 4.78 is 75.2. The minimum absolute atomic E-state index is 0.00308. The van der Waals surface area contributed by atoms with Crippen molar-refractivity contribution in [2.45, 2.75) is 13.3 Å². The van der Waals surface area contributed by atoms with E-state index in [4.69, 9.17) is 4.74 Å². The molecule has 0 aliphatic heterocycles. The van der Waals surface area contributed by atoms with Crippen molar-refractivity contribution in [1.82, 2.24) is 19.6 Å². The van der Waals surface area contributed by atoms with Crippen LogP contribution in [0.3, 0.4) is 0 Å². The molecule has 1 N–H and O–H groups in total. The van der Waals surface area contributed by atoms with Gasteiger partial charge < -0.3 is 10.1 Å². The van der Waals surface area contributed by atoms with Gasteiger partial charge in [-0.05, 0) is 12.1 Å². The van der Waals surface area contributed by atoms with E-state index in [1.807, 2.05) is 0 Å². The molecular weight excluding hydrogens is 495 g/mol. The number of para-hydroxylation sites is 2. The summed E-state index contributed by atoms with van der Waals surface area (Å²) in [4.78, 5) is 22.8. The average molecular weight is 508 g/mol. The van der Waals surface area contributed by atoms with E-state index in [1.54, 1.807) is 6.07 Å². The number of anilines is 1. The number of amides is 1. The predicted molar refractivity (Wildman–Crippen MR) is 111 cm³/mol. The fourth-order valence-corrected chi connectivity index (χ4v) is 3.07. The first-order valence-corrected chi connectivity index (χ1v) is 9.90. The summed E-state index contributed by atoms with van der Waals surface area (Å²) in [5.41, 5.74) is -1.43. The molecule has 4 aromatic rings. The molecule has 0 spiro atoms. The third-order valence-electron chi connectivity index (χ3n) is 4.79. The number of nitro groups is 1. The fourth-order valence-electron chi connectivity index (χ4n) is 3.07. The number of ether oxygens (including phenoxy) is 1. The van der Waals surface area contributed by atoms with Gasteiger partial charge in [-0.25, -0.2) is 26.6 Å². The summed E-state index contributed by atoms with van der Waals surface area (Å²) in [6, 6.07) is 8.25. The van der Waals surface area contributed by atoms with Crippen molar-refractivity contribution >= 4 is 17.4 Å². The Bertz CT molecular complexity index is 1440. The minimum Gasteiger partial charge on any atom is -0.464 e. The van der Waals surface area contributed by atoms with Gasteiger partial charge in [0.05, 0.1) is 17.0 Å². The van der Waals surface area contributed by atoms with Crippen molar-refractivity contribution in [2.75, 3.05) is 5.32 Å². The van der Waals surface area contributed by atoms with Crippen LogP contribution in [0.2, 0.25) is 0 Å². The number of hydrogen-bond donors (Lipinski definition) is 1. The molecule has 2 heterocycles. The summed E-state index contributed by atoms with van der Waals surface area (Å²) in [6.45, 7) is -1.03. The molecule has 36 heavy (non-hydrogen) atoms. The highest BCUT2D eigenvalue weighted by Gasteiger charge is 2.26. The molecule has 0 saturated heterocycles. The lowest BCUT2D eigenvalue weighted by molar-refractivity contribution is -0.386. The molecule has 4 rings (SSSR count). The lowest BCUT2D eigenvalue weighted by Gasteiger charge is -2.08. The van der Waals surface area contributed by atoms with Crippen LogP contribution in [0.15, 0.2) is 48.8 Å². The van der Waals surface area contributed by atoms with E-state index < -0.39 is 52.0 Å². The molecule has 0 aliphatic carbocycles. The van der Waals surface area contributed by atoms with Crippen LogP contribution in [0, 0.1) is 39.2 Å². The normalized spacial score (nSPS) is 10.9. The van der Waals surface area contributed by atoms with Gasteiger partial charge in [-0.3, -0.25) is 19.6 Å². The van der Waals surface area contributed by atoms with Gasteiger partial charge in [-0.1, -0.05) is 12.1 Å². The smallest absolute Gasteiger partial charge is 0.311 e. The van der Waals surface area contributed by atoms with Gasteiger partial charge in [-0.15, -0.1) is 0 Å². The first-order chi connectivity index (χ1) is 17.2. The molecule has 1 amide bonds. The van der Waals surface area contributed by atoms with E-state index in [0.29, 0.717) is 0 Å². The summed E-state index contributed by atoms with van der Waals surface area (Å²) in [5, 5.41) is 21.2. The number of nitro benzene ring substituents is 1. The molecule has 0 unspecified atom stereocenters. The maximum absolute atomic E-state index is 13.9. The Hall–Kier alpha value is -4.82. The van der Waals surface area contributed by atoms with Gasteiger partial charge in [0, 0.05) is 24.5 Å². The third kappa shape index (κ3) is 4.84. The molecule has 0 atom stereocenters. The Kier molecular flexibility index (Phi) is 6.62. The van der Waals surface area contributed by atoms with Crippen molar-refractivity contribution < 1.29 is 36.4 Å². The number of aromatic nitrogens is 4. The third-order valence-corrected chi connectivity index (χ3v) is 4.79. The van der Waals surface area contributed by atoms with Gasteiger partial charge in [0.15, 0.2) is 47.3 Å². The maximum Gasteiger partial charge on any atom is 0.311 e. The number of rotatable bonds is 8. The highest BCUT2D eigenvalue weighted by molar-refractivity contribution is 6.02. The Morgan fingerprint density at radius 2 is 1.56 bits per heavy atom. The summed E-state index contributed by atoms with van der Waals surface area (Å²) in [7, 11) is 0. The van der Waals surface area contributed by atoms with Crippen LogP contribution in [-0.4, -0.2) is 30.4 Å². The van der Waals surface area contributed by atoms with Crippen LogP contribution in [0.4, 0.5) is 33.5 Å². The van der Waals surface area contributed by atoms with Crippen LogP contribution >= 0.6 is 0 Å². The monoisotopic (exact) mass is 508 g/mol. The van der Waals surface area contributed by atoms with E-state index in [9.17, 15) is 36.9 Å². The molecule has 0 fully saturated rings. The topological polar surface area (TPSA) is 117 Å². The maximum atomic E-state index is 13.9. The average Bonchev–Trinajstić information content (AvgIpc) is 3.52. The number of nitrogens with one attached hydrogen (secondary N) is 1. The zero-order valence-corrected chi connectivity index (χ0v) is 17.8. The second-order valence-corrected chi connectivity index (χ2v) is 7.14. The largest absolute Gasteiger partial charge is 0.464 e. The van der Waals surface area contributed by atoms with Crippen LogP contribution in [0.5, 0.6) is 5.75 Å². The van der Waals surface area contributed by atoms with Crippen LogP contribution in [0.1, 0.15) is 16.1 Å². The molecule has 0 aliphatic rings. The Morgan fingerprint density at radius 1 is 0.917 bits per heavy atom. The number of hydrogen-bond acceptors (Lipinski definition) is 6. The van der Waals surface area contributed by atoms with Gasteiger partial charge >= 0.3 is 5.69 Å². The van der Waals surface area contributed by atoms with Crippen molar-refractivity contribution in [1.29, 1.82) is 0 Å². The van der Waals surface area contributed by atoms with Crippen LogP contribution in [0.25, 0.3) is 0 Å². The highest BCUT2D eigenvalue weighted by Crippen LogP contribution is 2.26. The molecule has 2 aromatic carbocycles. The van der Waals surface area contributed by atoms with Crippen molar-refractivity contribution in [3.8, 4) is 5.75 Å². The van der Waals surface area contributed by atoms with E-state index in [1.165, 1.54) is 41.2 Å². The standard InChI is InChI=1S/C21H13F5N6O4/c22-16-11(17(23)19(25)20(26)18(16)24)9-30-8-6-15(29-30)27-21(33)12-5-7-31(28-12)10-36-14-4-2-1-3-13(14)32(34)35/h1-8H,9-10H2,(H,27,29,33). The summed E-state index contributed by atoms with van der Waals surface area (Å²) in [5.74, 6) is -11.2. The van der Waals surface area contributed by atoms with Crippen molar-refractivity contribution in [3.63, 3.8) is 0 Å². The molecule has 10 nitrogen and oxygen atoms in total. The predicted octanol–water partition coefficient (Wildman–Crippen LogP) is 4.02. The lowest BCUT2D eigenvalue weighted by atomic mass is 10.1. The summed E-state index contributed by atoms with van der Waals surface area (Å²) in [6.07, 6.45) is 2.54.